The molecule has 0 saturated heterocycles. The van der Waals surface area contributed by atoms with Crippen molar-refractivity contribution in [3.63, 3.8) is 0 Å². The van der Waals surface area contributed by atoms with Crippen LogP contribution in [-0.4, -0.2) is 21.4 Å². The van der Waals surface area contributed by atoms with Gasteiger partial charge in [0.15, 0.2) is 0 Å². The van der Waals surface area contributed by atoms with Crippen molar-refractivity contribution in [3.05, 3.63) is 71.5 Å². The van der Waals surface area contributed by atoms with E-state index in [2.05, 4.69) is 10.4 Å². The zero-order valence-corrected chi connectivity index (χ0v) is 15.1. The first-order valence-corrected chi connectivity index (χ1v) is 8.81. The summed E-state index contributed by atoms with van der Waals surface area (Å²) in [5, 5.41) is 7.36. The van der Waals surface area contributed by atoms with Gasteiger partial charge in [0, 0.05) is 10.5 Å². The lowest BCUT2D eigenvalue weighted by Crippen LogP contribution is -2.13. The molecule has 0 unspecified atom stereocenters. The lowest BCUT2D eigenvalue weighted by Gasteiger charge is -2.08. The Hall–Kier alpha value is -2.67. The second-order valence-corrected chi connectivity index (χ2v) is 6.71. The first kappa shape index (κ1) is 18.1. The highest BCUT2D eigenvalue weighted by molar-refractivity contribution is 7.99. The zero-order chi connectivity index (χ0) is 18.7. The molecule has 0 fully saturated rings. The maximum Gasteiger partial charge on any atom is 0.288 e. The number of hydrogen-bond acceptors (Lipinski definition) is 3. The fourth-order valence-corrected chi connectivity index (χ4v) is 3.12. The Labute approximate surface area is 154 Å². The molecule has 0 aliphatic heterocycles. The number of rotatable bonds is 5. The van der Waals surface area contributed by atoms with Gasteiger partial charge in [0.2, 0.25) is 0 Å². The minimum Gasteiger partial charge on any atom is -0.319 e. The van der Waals surface area contributed by atoms with Crippen LogP contribution in [0.15, 0.2) is 59.5 Å². The van der Waals surface area contributed by atoms with Gasteiger partial charge in [-0.2, -0.15) is 13.9 Å². The smallest absolute Gasteiger partial charge is 0.288 e. The SMILES string of the molecule is Cc1nn(-c2ccccc2)c(C)c1NC(=O)c1ccc(SC(F)F)cc1. The molecular formula is C19H17F2N3OS. The van der Waals surface area contributed by atoms with Crippen molar-refractivity contribution in [2.45, 2.75) is 24.5 Å². The quantitative estimate of drug-likeness (QED) is 0.636. The van der Waals surface area contributed by atoms with E-state index in [1.54, 1.807) is 4.68 Å². The second-order valence-electron chi connectivity index (χ2n) is 5.65. The van der Waals surface area contributed by atoms with E-state index in [4.69, 9.17) is 0 Å². The van der Waals surface area contributed by atoms with Gasteiger partial charge < -0.3 is 5.32 Å². The highest BCUT2D eigenvalue weighted by atomic mass is 32.2. The number of halogens is 2. The number of aryl methyl sites for hydroxylation is 1. The average molecular weight is 373 g/mol. The number of hydrogen-bond donors (Lipinski definition) is 1. The van der Waals surface area contributed by atoms with Gasteiger partial charge in [-0.15, -0.1) is 0 Å². The molecule has 0 aliphatic carbocycles. The van der Waals surface area contributed by atoms with Crippen molar-refractivity contribution >= 4 is 23.4 Å². The van der Waals surface area contributed by atoms with Crippen LogP contribution in [0.1, 0.15) is 21.7 Å². The number of carbonyl (C=O) groups excluding carboxylic acids is 1. The molecular weight excluding hydrogens is 356 g/mol. The summed E-state index contributed by atoms with van der Waals surface area (Å²) >= 11 is 0.450. The number of carbonyl (C=O) groups is 1. The normalized spacial score (nSPS) is 11.0. The largest absolute Gasteiger partial charge is 0.319 e. The van der Waals surface area contributed by atoms with Crippen molar-refractivity contribution in [3.8, 4) is 5.69 Å². The Kier molecular flexibility index (Phi) is 5.37. The lowest BCUT2D eigenvalue weighted by molar-refractivity contribution is 0.102. The van der Waals surface area contributed by atoms with Crippen molar-refractivity contribution in [2.24, 2.45) is 0 Å². The molecule has 0 saturated carbocycles. The van der Waals surface area contributed by atoms with Crippen LogP contribution in [0.4, 0.5) is 14.5 Å². The van der Waals surface area contributed by atoms with Crippen LogP contribution in [0, 0.1) is 13.8 Å². The van der Waals surface area contributed by atoms with Gasteiger partial charge >= 0.3 is 0 Å². The molecule has 2 aromatic carbocycles. The van der Waals surface area contributed by atoms with Crippen LogP contribution in [0.5, 0.6) is 0 Å². The summed E-state index contributed by atoms with van der Waals surface area (Å²) in [7, 11) is 0. The Morgan fingerprint density at radius 1 is 1.08 bits per heavy atom. The summed E-state index contributed by atoms with van der Waals surface area (Å²) in [6.45, 7) is 3.70. The second kappa shape index (κ2) is 7.70. The fraction of sp³-hybridized carbons (Fsp3) is 0.158. The zero-order valence-electron chi connectivity index (χ0n) is 14.2. The third-order valence-corrected chi connectivity index (χ3v) is 4.59. The highest BCUT2D eigenvalue weighted by Gasteiger charge is 2.16. The summed E-state index contributed by atoms with van der Waals surface area (Å²) in [5.74, 6) is -2.79. The van der Waals surface area contributed by atoms with Crippen LogP contribution in [-0.2, 0) is 0 Å². The third-order valence-electron chi connectivity index (χ3n) is 3.87. The predicted octanol–water partition coefficient (Wildman–Crippen LogP) is 5.06. The molecule has 1 amide bonds. The van der Waals surface area contributed by atoms with E-state index in [9.17, 15) is 13.6 Å². The number of benzene rings is 2. The standard InChI is InChI=1S/C19H17F2N3OS/c1-12-17(13(2)24(23-12)15-6-4-3-5-7-15)22-18(25)14-8-10-16(11-9-14)26-19(20)21/h3-11,19H,1-2H3,(H,22,25). The van der Waals surface area contributed by atoms with Crippen LogP contribution in [0.3, 0.4) is 0 Å². The number of amides is 1. The summed E-state index contributed by atoms with van der Waals surface area (Å²) in [5.41, 5.74) is 3.46. The van der Waals surface area contributed by atoms with Gasteiger partial charge in [-0.05, 0) is 50.2 Å². The van der Waals surface area contributed by atoms with Crippen LogP contribution < -0.4 is 5.32 Å². The molecule has 1 aromatic heterocycles. The van der Waals surface area contributed by atoms with E-state index < -0.39 is 5.76 Å². The van der Waals surface area contributed by atoms with Crippen molar-refractivity contribution in [1.82, 2.24) is 9.78 Å². The van der Waals surface area contributed by atoms with Gasteiger partial charge in [0.25, 0.3) is 11.7 Å². The first-order chi connectivity index (χ1) is 12.5. The van der Waals surface area contributed by atoms with Crippen molar-refractivity contribution in [2.75, 3.05) is 5.32 Å². The Bertz CT molecular complexity index is 909. The lowest BCUT2D eigenvalue weighted by atomic mass is 10.2. The van der Waals surface area contributed by atoms with Crippen LogP contribution in [0.2, 0.25) is 0 Å². The Balaban J connectivity index is 1.81. The van der Waals surface area contributed by atoms with E-state index in [0.717, 1.165) is 11.4 Å². The van der Waals surface area contributed by atoms with Gasteiger partial charge in [-0.1, -0.05) is 30.0 Å². The number of nitrogens with zero attached hydrogens (tertiary/aromatic N) is 2. The summed E-state index contributed by atoms with van der Waals surface area (Å²) in [6.07, 6.45) is 0. The molecule has 1 N–H and O–H groups in total. The Morgan fingerprint density at radius 3 is 2.35 bits per heavy atom. The number of anilines is 1. The van der Waals surface area contributed by atoms with E-state index in [1.165, 1.54) is 24.3 Å². The molecule has 1 heterocycles. The number of aromatic nitrogens is 2. The number of thioether (sulfide) groups is 1. The van der Waals surface area contributed by atoms with E-state index in [-0.39, 0.29) is 5.91 Å². The molecule has 3 rings (SSSR count). The molecule has 4 nitrogen and oxygen atoms in total. The average Bonchev–Trinajstić information content (AvgIpc) is 2.91. The van der Waals surface area contributed by atoms with Gasteiger partial charge in [0.05, 0.1) is 22.8 Å². The molecule has 26 heavy (non-hydrogen) atoms. The maximum absolute atomic E-state index is 12.5. The van der Waals surface area contributed by atoms with Gasteiger partial charge in [-0.25, -0.2) is 4.68 Å². The molecule has 0 atom stereocenters. The van der Waals surface area contributed by atoms with Crippen LogP contribution >= 0.6 is 11.8 Å². The van der Waals surface area contributed by atoms with E-state index >= 15 is 0 Å². The molecule has 3 aromatic rings. The maximum atomic E-state index is 12.5. The minimum atomic E-state index is -2.48. The number of alkyl halides is 2. The van der Waals surface area contributed by atoms with Gasteiger partial charge in [-0.3, -0.25) is 4.79 Å². The predicted molar refractivity (Wildman–Crippen MR) is 99.3 cm³/mol. The highest BCUT2D eigenvalue weighted by Crippen LogP contribution is 2.26. The van der Waals surface area contributed by atoms with Crippen molar-refractivity contribution in [1.29, 1.82) is 0 Å². The molecule has 0 aliphatic rings. The van der Waals surface area contributed by atoms with Gasteiger partial charge in [0.1, 0.15) is 0 Å². The topological polar surface area (TPSA) is 46.9 Å². The molecule has 0 bridgehead atoms. The van der Waals surface area contributed by atoms with Crippen LogP contribution in [0.25, 0.3) is 5.69 Å². The molecule has 7 heteroatoms. The third kappa shape index (κ3) is 3.94. The molecule has 134 valence electrons. The minimum absolute atomic E-state index is 0.308. The van der Waals surface area contributed by atoms with E-state index in [1.807, 2.05) is 44.2 Å². The van der Waals surface area contributed by atoms with Crippen molar-refractivity contribution < 1.29 is 13.6 Å². The molecule has 0 radical (unpaired) electrons. The Morgan fingerprint density at radius 2 is 1.73 bits per heavy atom. The monoisotopic (exact) mass is 373 g/mol. The summed E-state index contributed by atoms with van der Waals surface area (Å²) < 4.78 is 26.5. The summed E-state index contributed by atoms with van der Waals surface area (Å²) in [4.78, 5) is 12.9. The van der Waals surface area contributed by atoms with E-state index in [0.29, 0.717) is 33.6 Å². The summed E-state index contributed by atoms with van der Waals surface area (Å²) in [6, 6.07) is 15.7. The number of para-hydroxylation sites is 1. The first-order valence-electron chi connectivity index (χ1n) is 7.93. The molecule has 0 spiro atoms. The number of nitrogens with one attached hydrogen (secondary N) is 1. The fourth-order valence-electron chi connectivity index (χ4n) is 2.62.